The van der Waals surface area contributed by atoms with E-state index in [9.17, 15) is 4.79 Å². The standard InChI is InChI=1S/C10H16N4O2/c1-8-7-9(12-16-8)11-10(15)14-5-3-13(2)4-6-14/h7H,3-6H2,1-2H3,(H,11,12,15). The molecule has 0 unspecified atom stereocenters. The molecule has 0 bridgehead atoms. The molecule has 6 nitrogen and oxygen atoms in total. The van der Waals surface area contributed by atoms with E-state index < -0.39 is 0 Å². The summed E-state index contributed by atoms with van der Waals surface area (Å²) >= 11 is 0. The SMILES string of the molecule is Cc1cc(NC(=O)N2CCN(C)CC2)no1. The molecule has 0 aliphatic carbocycles. The van der Waals surface area contributed by atoms with Crippen LogP contribution in [0.5, 0.6) is 0 Å². The monoisotopic (exact) mass is 224 g/mol. The molecule has 2 heterocycles. The molecule has 1 N–H and O–H groups in total. The molecule has 1 saturated heterocycles. The van der Waals surface area contributed by atoms with Gasteiger partial charge in [0.25, 0.3) is 0 Å². The van der Waals surface area contributed by atoms with Gasteiger partial charge in [0.05, 0.1) is 0 Å². The Morgan fingerprint density at radius 1 is 1.44 bits per heavy atom. The van der Waals surface area contributed by atoms with Crippen LogP contribution in [0.15, 0.2) is 10.6 Å². The highest BCUT2D eigenvalue weighted by molar-refractivity contribution is 5.88. The molecule has 1 aliphatic rings. The van der Waals surface area contributed by atoms with Gasteiger partial charge < -0.3 is 14.3 Å². The third-order valence-electron chi connectivity index (χ3n) is 2.65. The third kappa shape index (κ3) is 2.52. The first kappa shape index (κ1) is 10.9. The smallest absolute Gasteiger partial charge is 0.323 e. The van der Waals surface area contributed by atoms with Crippen LogP contribution in [0, 0.1) is 6.92 Å². The summed E-state index contributed by atoms with van der Waals surface area (Å²) in [5.74, 6) is 1.16. The Hall–Kier alpha value is -1.56. The quantitative estimate of drug-likeness (QED) is 0.765. The summed E-state index contributed by atoms with van der Waals surface area (Å²) in [6.07, 6.45) is 0. The third-order valence-corrected chi connectivity index (χ3v) is 2.65. The lowest BCUT2D eigenvalue weighted by Crippen LogP contribution is -2.48. The lowest BCUT2D eigenvalue weighted by Gasteiger charge is -2.32. The number of amides is 2. The van der Waals surface area contributed by atoms with Gasteiger partial charge in [0, 0.05) is 32.2 Å². The van der Waals surface area contributed by atoms with Crippen LogP contribution in [0.4, 0.5) is 10.6 Å². The number of rotatable bonds is 1. The molecule has 0 spiro atoms. The van der Waals surface area contributed by atoms with Crippen LogP contribution >= 0.6 is 0 Å². The van der Waals surface area contributed by atoms with Gasteiger partial charge in [-0.15, -0.1) is 0 Å². The number of piperazine rings is 1. The Bertz CT molecular complexity index is 369. The molecule has 1 fully saturated rings. The summed E-state index contributed by atoms with van der Waals surface area (Å²) in [6.45, 7) is 5.10. The molecule has 0 atom stereocenters. The number of nitrogens with zero attached hydrogens (tertiary/aromatic N) is 3. The fourth-order valence-corrected chi connectivity index (χ4v) is 1.62. The molecule has 1 aromatic heterocycles. The number of nitrogens with one attached hydrogen (secondary N) is 1. The number of aromatic nitrogens is 1. The van der Waals surface area contributed by atoms with Crippen molar-refractivity contribution in [3.8, 4) is 0 Å². The largest absolute Gasteiger partial charge is 0.360 e. The second kappa shape index (κ2) is 4.52. The fraction of sp³-hybridized carbons (Fsp3) is 0.600. The van der Waals surface area contributed by atoms with E-state index >= 15 is 0 Å². The number of carbonyl (C=O) groups is 1. The zero-order valence-electron chi connectivity index (χ0n) is 9.56. The molecule has 0 aromatic carbocycles. The van der Waals surface area contributed by atoms with Crippen LogP contribution in [-0.2, 0) is 0 Å². The van der Waals surface area contributed by atoms with Crippen molar-refractivity contribution >= 4 is 11.8 Å². The minimum absolute atomic E-state index is 0.110. The lowest BCUT2D eigenvalue weighted by molar-refractivity contribution is 0.164. The average Bonchev–Trinajstić information content (AvgIpc) is 2.65. The molecule has 6 heteroatoms. The van der Waals surface area contributed by atoms with Crippen LogP contribution in [0.3, 0.4) is 0 Å². The predicted molar refractivity (Wildman–Crippen MR) is 59.3 cm³/mol. The van der Waals surface area contributed by atoms with Crippen LogP contribution < -0.4 is 5.32 Å². The van der Waals surface area contributed by atoms with Gasteiger partial charge in [-0.1, -0.05) is 5.16 Å². The second-order valence-corrected chi connectivity index (χ2v) is 4.04. The maximum absolute atomic E-state index is 11.8. The fourth-order valence-electron chi connectivity index (χ4n) is 1.62. The Labute approximate surface area is 94.2 Å². The topological polar surface area (TPSA) is 61.6 Å². The predicted octanol–water partition coefficient (Wildman–Crippen LogP) is 0.762. The Morgan fingerprint density at radius 3 is 2.69 bits per heavy atom. The summed E-state index contributed by atoms with van der Waals surface area (Å²) in [6, 6.07) is 1.59. The van der Waals surface area contributed by atoms with E-state index in [0.717, 1.165) is 26.2 Å². The zero-order chi connectivity index (χ0) is 11.5. The summed E-state index contributed by atoms with van der Waals surface area (Å²) in [5, 5.41) is 6.43. The lowest BCUT2D eigenvalue weighted by atomic mass is 10.3. The number of urea groups is 1. The first-order chi connectivity index (χ1) is 7.65. The number of hydrogen-bond acceptors (Lipinski definition) is 4. The van der Waals surface area contributed by atoms with Crippen LogP contribution in [-0.4, -0.2) is 54.2 Å². The number of carbonyl (C=O) groups excluding carboxylic acids is 1. The van der Waals surface area contributed by atoms with E-state index in [0.29, 0.717) is 11.6 Å². The minimum Gasteiger partial charge on any atom is -0.360 e. The van der Waals surface area contributed by atoms with Gasteiger partial charge >= 0.3 is 6.03 Å². The molecule has 0 radical (unpaired) electrons. The molecule has 88 valence electrons. The van der Waals surface area contributed by atoms with Gasteiger partial charge in [-0.25, -0.2) is 4.79 Å². The first-order valence-corrected chi connectivity index (χ1v) is 5.33. The minimum atomic E-state index is -0.110. The molecule has 2 rings (SSSR count). The van der Waals surface area contributed by atoms with E-state index in [1.165, 1.54) is 0 Å². The van der Waals surface area contributed by atoms with E-state index in [2.05, 4.69) is 22.4 Å². The van der Waals surface area contributed by atoms with Crippen molar-refractivity contribution in [1.29, 1.82) is 0 Å². The number of anilines is 1. The summed E-state index contributed by atoms with van der Waals surface area (Å²) in [7, 11) is 2.05. The first-order valence-electron chi connectivity index (χ1n) is 5.33. The summed E-state index contributed by atoms with van der Waals surface area (Å²) in [4.78, 5) is 15.8. The van der Waals surface area contributed by atoms with Crippen LogP contribution in [0.2, 0.25) is 0 Å². The van der Waals surface area contributed by atoms with Crippen molar-refractivity contribution < 1.29 is 9.32 Å². The highest BCUT2D eigenvalue weighted by atomic mass is 16.5. The number of aryl methyl sites for hydroxylation is 1. The van der Waals surface area contributed by atoms with Crippen molar-refractivity contribution in [2.75, 3.05) is 38.5 Å². The molecule has 2 amide bonds. The summed E-state index contributed by atoms with van der Waals surface area (Å²) in [5.41, 5.74) is 0. The van der Waals surface area contributed by atoms with Crippen LogP contribution in [0.1, 0.15) is 5.76 Å². The van der Waals surface area contributed by atoms with Crippen molar-refractivity contribution in [2.24, 2.45) is 0 Å². The maximum atomic E-state index is 11.8. The average molecular weight is 224 g/mol. The molecular formula is C10H16N4O2. The Kier molecular flexibility index (Phi) is 3.09. The van der Waals surface area contributed by atoms with E-state index in [1.807, 2.05) is 0 Å². The molecule has 1 aliphatic heterocycles. The van der Waals surface area contributed by atoms with Gasteiger partial charge in [0.1, 0.15) is 5.76 Å². The van der Waals surface area contributed by atoms with Crippen molar-refractivity contribution in [3.63, 3.8) is 0 Å². The maximum Gasteiger partial charge on any atom is 0.323 e. The Balaban J connectivity index is 1.88. The van der Waals surface area contributed by atoms with Gasteiger partial charge in [0.2, 0.25) is 0 Å². The van der Waals surface area contributed by atoms with E-state index in [1.54, 1.807) is 17.9 Å². The van der Waals surface area contributed by atoms with Crippen LogP contribution in [0.25, 0.3) is 0 Å². The molecule has 0 saturated carbocycles. The highest BCUT2D eigenvalue weighted by Crippen LogP contribution is 2.09. The molecule has 1 aromatic rings. The number of likely N-dealkylation sites (N-methyl/N-ethyl adjacent to an activating group) is 1. The van der Waals surface area contributed by atoms with Crippen molar-refractivity contribution in [2.45, 2.75) is 6.92 Å². The Morgan fingerprint density at radius 2 is 2.12 bits per heavy atom. The van der Waals surface area contributed by atoms with Gasteiger partial charge in [-0.3, -0.25) is 5.32 Å². The van der Waals surface area contributed by atoms with Crippen molar-refractivity contribution in [3.05, 3.63) is 11.8 Å². The number of hydrogen-bond donors (Lipinski definition) is 1. The van der Waals surface area contributed by atoms with E-state index in [-0.39, 0.29) is 6.03 Å². The second-order valence-electron chi connectivity index (χ2n) is 4.04. The van der Waals surface area contributed by atoms with Gasteiger partial charge in [0.15, 0.2) is 5.82 Å². The van der Waals surface area contributed by atoms with Gasteiger partial charge in [-0.05, 0) is 14.0 Å². The highest BCUT2D eigenvalue weighted by Gasteiger charge is 2.19. The van der Waals surface area contributed by atoms with Crippen molar-refractivity contribution in [1.82, 2.24) is 15.0 Å². The van der Waals surface area contributed by atoms with Gasteiger partial charge in [-0.2, -0.15) is 0 Å². The van der Waals surface area contributed by atoms with E-state index in [4.69, 9.17) is 4.52 Å². The summed E-state index contributed by atoms with van der Waals surface area (Å²) < 4.78 is 4.88. The molecule has 16 heavy (non-hydrogen) atoms. The normalized spacial score (nSPS) is 17.5. The zero-order valence-corrected chi connectivity index (χ0v) is 9.56. The molecular weight excluding hydrogens is 208 g/mol.